The normalized spacial score (nSPS) is 15.9. The monoisotopic (exact) mass is 215 g/mol. The minimum atomic E-state index is 0.743. The van der Waals surface area contributed by atoms with Gasteiger partial charge in [-0.05, 0) is 44.7 Å². The number of aromatic nitrogens is 1. The van der Waals surface area contributed by atoms with Crippen LogP contribution in [-0.2, 0) is 0 Å². The third-order valence-corrected chi connectivity index (χ3v) is 3.09. The number of piperidine rings is 1. The zero-order chi connectivity index (χ0) is 11.5. The zero-order valence-electron chi connectivity index (χ0n) is 9.95. The molecule has 1 aromatic rings. The summed E-state index contributed by atoms with van der Waals surface area (Å²) >= 11 is 0. The van der Waals surface area contributed by atoms with E-state index in [1.165, 1.54) is 19.3 Å². The van der Waals surface area contributed by atoms with Crippen molar-refractivity contribution in [1.82, 2.24) is 4.98 Å². The van der Waals surface area contributed by atoms with Crippen molar-refractivity contribution in [2.24, 2.45) is 0 Å². The van der Waals surface area contributed by atoms with Crippen molar-refractivity contribution in [3.05, 3.63) is 22.9 Å². The van der Waals surface area contributed by atoms with Crippen LogP contribution in [0.2, 0.25) is 0 Å². The number of hydrogen-bond donors (Lipinski definition) is 0. The Morgan fingerprint density at radius 3 is 2.56 bits per heavy atom. The molecule has 1 aromatic heterocycles. The number of anilines is 1. The Kier molecular flexibility index (Phi) is 3.09. The molecule has 1 aliphatic rings. The van der Waals surface area contributed by atoms with Gasteiger partial charge < -0.3 is 4.90 Å². The first-order valence-electron chi connectivity index (χ1n) is 5.85. The molecule has 0 spiro atoms. The number of hydrogen-bond acceptors (Lipinski definition) is 3. The van der Waals surface area contributed by atoms with Crippen molar-refractivity contribution < 1.29 is 0 Å². The van der Waals surface area contributed by atoms with E-state index in [0.717, 1.165) is 35.7 Å². The maximum absolute atomic E-state index is 9.20. The van der Waals surface area contributed by atoms with Crippen molar-refractivity contribution in [2.75, 3.05) is 18.0 Å². The Bertz CT molecular complexity index is 426. The molecule has 0 aliphatic carbocycles. The smallest absolute Gasteiger partial charge is 0.147 e. The molecule has 0 saturated carbocycles. The lowest BCUT2D eigenvalue weighted by Crippen LogP contribution is -2.31. The Labute approximate surface area is 96.7 Å². The van der Waals surface area contributed by atoms with Gasteiger partial charge in [0.05, 0.1) is 5.56 Å². The van der Waals surface area contributed by atoms with Crippen LogP contribution < -0.4 is 4.90 Å². The third-order valence-electron chi connectivity index (χ3n) is 3.09. The summed E-state index contributed by atoms with van der Waals surface area (Å²) in [6.07, 6.45) is 3.71. The van der Waals surface area contributed by atoms with Crippen LogP contribution in [0.25, 0.3) is 0 Å². The van der Waals surface area contributed by atoms with Crippen molar-refractivity contribution in [1.29, 1.82) is 5.26 Å². The van der Waals surface area contributed by atoms with Gasteiger partial charge in [-0.15, -0.1) is 0 Å². The largest absolute Gasteiger partial charge is 0.356 e. The molecule has 3 nitrogen and oxygen atoms in total. The molecule has 3 heteroatoms. The minimum absolute atomic E-state index is 0.743. The first kappa shape index (κ1) is 10.9. The van der Waals surface area contributed by atoms with Gasteiger partial charge in [0.15, 0.2) is 0 Å². The van der Waals surface area contributed by atoms with E-state index in [-0.39, 0.29) is 0 Å². The van der Waals surface area contributed by atoms with Gasteiger partial charge in [0.1, 0.15) is 11.9 Å². The Morgan fingerprint density at radius 2 is 1.94 bits per heavy atom. The van der Waals surface area contributed by atoms with Crippen LogP contribution >= 0.6 is 0 Å². The summed E-state index contributed by atoms with van der Waals surface area (Å²) in [5, 5.41) is 9.20. The molecule has 0 bridgehead atoms. The molecule has 2 heterocycles. The van der Waals surface area contributed by atoms with Crippen molar-refractivity contribution in [3.63, 3.8) is 0 Å². The number of pyridine rings is 1. The minimum Gasteiger partial charge on any atom is -0.356 e. The van der Waals surface area contributed by atoms with Gasteiger partial charge in [-0.2, -0.15) is 5.26 Å². The SMILES string of the molecule is Cc1cc(C)c(C#N)c(N2CCCCC2)n1. The van der Waals surface area contributed by atoms with Crippen LogP contribution in [0.5, 0.6) is 0 Å². The molecule has 0 atom stereocenters. The molecule has 0 unspecified atom stereocenters. The second-order valence-corrected chi connectivity index (χ2v) is 4.44. The van der Waals surface area contributed by atoms with Crippen LogP contribution in [0.1, 0.15) is 36.1 Å². The van der Waals surface area contributed by atoms with E-state index in [4.69, 9.17) is 0 Å². The van der Waals surface area contributed by atoms with Gasteiger partial charge in [-0.25, -0.2) is 4.98 Å². The van der Waals surface area contributed by atoms with Crippen LogP contribution in [0, 0.1) is 25.2 Å². The number of aryl methyl sites for hydroxylation is 2. The highest BCUT2D eigenvalue weighted by Gasteiger charge is 2.17. The summed E-state index contributed by atoms with van der Waals surface area (Å²) in [5.41, 5.74) is 2.78. The van der Waals surface area contributed by atoms with Crippen LogP contribution in [0.3, 0.4) is 0 Å². The molecular weight excluding hydrogens is 198 g/mol. The van der Waals surface area contributed by atoms with E-state index in [2.05, 4.69) is 16.0 Å². The van der Waals surface area contributed by atoms with Crippen molar-refractivity contribution in [3.8, 4) is 6.07 Å². The first-order valence-corrected chi connectivity index (χ1v) is 5.85. The lowest BCUT2D eigenvalue weighted by Gasteiger charge is -2.29. The molecule has 0 radical (unpaired) electrons. The van der Waals surface area contributed by atoms with Crippen molar-refractivity contribution >= 4 is 5.82 Å². The topological polar surface area (TPSA) is 39.9 Å². The van der Waals surface area contributed by atoms with Gasteiger partial charge in [-0.3, -0.25) is 0 Å². The summed E-state index contributed by atoms with van der Waals surface area (Å²) in [6, 6.07) is 4.26. The summed E-state index contributed by atoms with van der Waals surface area (Å²) < 4.78 is 0. The van der Waals surface area contributed by atoms with Crippen LogP contribution in [0.4, 0.5) is 5.82 Å². The fourth-order valence-electron chi connectivity index (χ4n) is 2.29. The van der Waals surface area contributed by atoms with Gasteiger partial charge in [0.2, 0.25) is 0 Å². The van der Waals surface area contributed by atoms with E-state index in [1.54, 1.807) is 0 Å². The molecule has 2 rings (SSSR count). The summed E-state index contributed by atoms with van der Waals surface area (Å²) in [6.45, 7) is 6.04. The Hall–Kier alpha value is -1.56. The lowest BCUT2D eigenvalue weighted by molar-refractivity contribution is 0.572. The summed E-state index contributed by atoms with van der Waals surface area (Å²) in [7, 11) is 0. The molecule has 0 amide bonds. The van der Waals surface area contributed by atoms with Gasteiger partial charge in [-0.1, -0.05) is 0 Å². The fourth-order valence-corrected chi connectivity index (χ4v) is 2.29. The van der Waals surface area contributed by atoms with E-state index < -0.39 is 0 Å². The second kappa shape index (κ2) is 4.52. The first-order chi connectivity index (χ1) is 7.72. The molecule has 1 fully saturated rings. The standard InChI is InChI=1S/C13H17N3/c1-10-8-11(2)15-13(12(10)9-14)16-6-4-3-5-7-16/h8H,3-7H2,1-2H3. The Morgan fingerprint density at radius 1 is 1.25 bits per heavy atom. The fraction of sp³-hybridized carbons (Fsp3) is 0.538. The number of nitriles is 1. The van der Waals surface area contributed by atoms with E-state index >= 15 is 0 Å². The lowest BCUT2D eigenvalue weighted by atomic mass is 10.1. The quantitative estimate of drug-likeness (QED) is 0.722. The number of nitrogens with zero attached hydrogens (tertiary/aromatic N) is 3. The summed E-state index contributed by atoms with van der Waals surface area (Å²) in [4.78, 5) is 6.78. The van der Waals surface area contributed by atoms with Crippen LogP contribution in [0.15, 0.2) is 6.07 Å². The predicted molar refractivity (Wildman–Crippen MR) is 64.5 cm³/mol. The zero-order valence-corrected chi connectivity index (χ0v) is 9.95. The molecule has 84 valence electrons. The molecule has 0 aromatic carbocycles. The summed E-state index contributed by atoms with van der Waals surface area (Å²) in [5.74, 6) is 0.889. The molecule has 1 aliphatic heterocycles. The molecule has 0 N–H and O–H groups in total. The Balaban J connectivity index is 2.42. The number of rotatable bonds is 1. The highest BCUT2D eigenvalue weighted by molar-refractivity contribution is 5.58. The highest BCUT2D eigenvalue weighted by Crippen LogP contribution is 2.24. The average Bonchev–Trinajstić information content (AvgIpc) is 2.29. The van der Waals surface area contributed by atoms with E-state index in [0.29, 0.717) is 0 Å². The van der Waals surface area contributed by atoms with Crippen LogP contribution in [-0.4, -0.2) is 18.1 Å². The molecule has 1 saturated heterocycles. The predicted octanol–water partition coefficient (Wildman–Crippen LogP) is 2.56. The van der Waals surface area contributed by atoms with Gasteiger partial charge in [0.25, 0.3) is 0 Å². The van der Waals surface area contributed by atoms with E-state index in [1.807, 2.05) is 19.9 Å². The van der Waals surface area contributed by atoms with Gasteiger partial charge >= 0.3 is 0 Å². The maximum Gasteiger partial charge on any atom is 0.147 e. The highest BCUT2D eigenvalue weighted by atomic mass is 15.2. The van der Waals surface area contributed by atoms with Crippen molar-refractivity contribution in [2.45, 2.75) is 33.1 Å². The second-order valence-electron chi connectivity index (χ2n) is 4.44. The maximum atomic E-state index is 9.20. The van der Waals surface area contributed by atoms with Gasteiger partial charge in [0, 0.05) is 18.8 Å². The third kappa shape index (κ3) is 2.01. The molecule has 16 heavy (non-hydrogen) atoms. The average molecular weight is 215 g/mol. The van der Waals surface area contributed by atoms with E-state index in [9.17, 15) is 5.26 Å². The molecular formula is C13H17N3.